The van der Waals surface area contributed by atoms with Gasteiger partial charge in [-0.05, 0) is 23.9 Å². The maximum atomic E-state index is 10.6. The lowest BCUT2D eigenvalue weighted by Gasteiger charge is -2.00. The van der Waals surface area contributed by atoms with Crippen molar-refractivity contribution in [3.63, 3.8) is 0 Å². The van der Waals surface area contributed by atoms with Crippen molar-refractivity contribution in [3.05, 3.63) is 51.8 Å². The van der Waals surface area contributed by atoms with E-state index in [9.17, 15) is 10.1 Å². The van der Waals surface area contributed by atoms with Crippen LogP contribution in [0.5, 0.6) is 0 Å². The topological polar surface area (TPSA) is 86.2 Å². The number of hydrogen-bond acceptors (Lipinski definition) is 6. The minimum absolute atomic E-state index is 0.0519. The lowest BCUT2D eigenvalue weighted by molar-refractivity contribution is -0.384. The molecule has 100 valence electrons. The molecule has 2 aromatic heterocycles. The molecule has 3 rings (SSSR count). The second-order valence-electron chi connectivity index (χ2n) is 3.73. The molecule has 0 saturated heterocycles. The van der Waals surface area contributed by atoms with Crippen molar-refractivity contribution >= 4 is 34.8 Å². The van der Waals surface area contributed by atoms with Crippen LogP contribution in [0.1, 0.15) is 0 Å². The largest absolute Gasteiger partial charge is 0.270 e. The highest BCUT2D eigenvalue weighted by molar-refractivity contribution is 7.99. The third-order valence-electron chi connectivity index (χ3n) is 2.42. The Morgan fingerprint density at radius 2 is 2.25 bits per heavy atom. The van der Waals surface area contributed by atoms with Gasteiger partial charge in [0.25, 0.3) is 11.5 Å². The summed E-state index contributed by atoms with van der Waals surface area (Å²) in [4.78, 5) is 19.1. The molecule has 0 aliphatic heterocycles. The quantitative estimate of drug-likeness (QED) is 0.546. The summed E-state index contributed by atoms with van der Waals surface area (Å²) in [5.41, 5.74) is -0.0519. The summed E-state index contributed by atoms with van der Waals surface area (Å²) < 4.78 is 1.54. The third-order valence-corrected chi connectivity index (χ3v) is 3.78. The molecule has 2 heterocycles. The zero-order chi connectivity index (χ0) is 14.1. The Kier molecular flexibility index (Phi) is 3.25. The van der Waals surface area contributed by atoms with Gasteiger partial charge in [0.1, 0.15) is 0 Å². The van der Waals surface area contributed by atoms with E-state index in [2.05, 4.69) is 15.1 Å². The summed E-state index contributed by atoms with van der Waals surface area (Å²) >= 11 is 7.24. The van der Waals surface area contributed by atoms with Crippen LogP contribution in [-0.2, 0) is 0 Å². The number of nitrogens with zero attached hydrogens (tertiary/aromatic N) is 5. The highest BCUT2D eigenvalue weighted by Crippen LogP contribution is 2.33. The minimum Gasteiger partial charge on any atom is -0.258 e. The number of benzene rings is 1. The fourth-order valence-corrected chi connectivity index (χ4v) is 2.58. The van der Waals surface area contributed by atoms with Crippen LogP contribution in [0.2, 0.25) is 5.02 Å². The smallest absolute Gasteiger partial charge is 0.258 e. The van der Waals surface area contributed by atoms with E-state index in [1.54, 1.807) is 29.0 Å². The Morgan fingerprint density at radius 1 is 1.40 bits per heavy atom. The van der Waals surface area contributed by atoms with Crippen molar-refractivity contribution in [2.24, 2.45) is 0 Å². The summed E-state index contributed by atoms with van der Waals surface area (Å²) in [7, 11) is 0. The second-order valence-corrected chi connectivity index (χ2v) is 5.15. The molecule has 0 spiro atoms. The fourth-order valence-electron chi connectivity index (χ4n) is 1.54. The molecule has 0 aliphatic rings. The van der Waals surface area contributed by atoms with E-state index in [1.807, 2.05) is 0 Å². The molecule has 0 radical (unpaired) electrons. The van der Waals surface area contributed by atoms with Gasteiger partial charge in [-0.25, -0.2) is 9.50 Å². The number of rotatable bonds is 3. The monoisotopic (exact) mass is 307 g/mol. The van der Waals surface area contributed by atoms with Crippen LogP contribution in [0, 0.1) is 10.1 Å². The van der Waals surface area contributed by atoms with Crippen LogP contribution in [-0.4, -0.2) is 24.5 Å². The third kappa shape index (κ3) is 2.43. The molecule has 0 bridgehead atoms. The van der Waals surface area contributed by atoms with Gasteiger partial charge in [0.15, 0.2) is 0 Å². The fraction of sp³-hybridized carbons (Fsp3) is 0. The summed E-state index contributed by atoms with van der Waals surface area (Å²) in [6.07, 6.45) is 3.36. The van der Waals surface area contributed by atoms with Gasteiger partial charge in [-0.3, -0.25) is 10.1 Å². The van der Waals surface area contributed by atoms with E-state index in [1.165, 1.54) is 23.9 Å². The number of aromatic nitrogens is 4. The average Bonchev–Trinajstić information content (AvgIpc) is 2.83. The van der Waals surface area contributed by atoms with E-state index < -0.39 is 4.92 Å². The highest BCUT2D eigenvalue weighted by Gasteiger charge is 2.13. The van der Waals surface area contributed by atoms with Gasteiger partial charge < -0.3 is 0 Å². The van der Waals surface area contributed by atoms with Gasteiger partial charge >= 0.3 is 0 Å². The van der Waals surface area contributed by atoms with Gasteiger partial charge in [0.2, 0.25) is 5.16 Å². The van der Waals surface area contributed by atoms with Crippen LogP contribution < -0.4 is 0 Å². The number of halogens is 1. The Bertz CT molecular complexity index is 773. The molecule has 20 heavy (non-hydrogen) atoms. The van der Waals surface area contributed by atoms with Crippen molar-refractivity contribution in [2.75, 3.05) is 0 Å². The van der Waals surface area contributed by atoms with Gasteiger partial charge in [-0.15, -0.1) is 5.10 Å². The van der Waals surface area contributed by atoms with Gasteiger partial charge in [-0.2, -0.15) is 4.98 Å². The van der Waals surface area contributed by atoms with Crippen LogP contribution in [0.3, 0.4) is 0 Å². The summed E-state index contributed by atoms with van der Waals surface area (Å²) in [5, 5.41) is 15.6. The molecule has 0 atom stereocenters. The van der Waals surface area contributed by atoms with Crippen molar-refractivity contribution in [3.8, 4) is 0 Å². The Balaban J connectivity index is 1.92. The predicted octanol–water partition coefficient (Wildman–Crippen LogP) is 2.84. The van der Waals surface area contributed by atoms with Gasteiger partial charge in [-0.1, -0.05) is 11.6 Å². The van der Waals surface area contributed by atoms with Crippen LogP contribution in [0.15, 0.2) is 46.7 Å². The first-order valence-electron chi connectivity index (χ1n) is 5.43. The van der Waals surface area contributed by atoms with E-state index in [4.69, 9.17) is 11.6 Å². The number of hydrogen-bond donors (Lipinski definition) is 0. The molecule has 0 amide bonds. The maximum absolute atomic E-state index is 10.6. The maximum Gasteiger partial charge on any atom is 0.270 e. The van der Waals surface area contributed by atoms with E-state index >= 15 is 0 Å². The van der Waals surface area contributed by atoms with Crippen LogP contribution in [0.25, 0.3) is 5.78 Å². The van der Waals surface area contributed by atoms with Crippen molar-refractivity contribution in [2.45, 2.75) is 10.1 Å². The molecular weight excluding hydrogens is 302 g/mol. The Morgan fingerprint density at radius 3 is 2.95 bits per heavy atom. The Labute approximate surface area is 121 Å². The van der Waals surface area contributed by atoms with Gasteiger partial charge in [0, 0.05) is 29.4 Å². The minimum atomic E-state index is -0.493. The normalized spacial score (nSPS) is 10.8. The summed E-state index contributed by atoms with van der Waals surface area (Å²) in [5.74, 6) is 0.480. The number of nitro groups is 1. The Hall–Kier alpha value is -2.19. The first kappa shape index (κ1) is 12.8. The molecule has 0 N–H and O–H groups in total. The predicted molar refractivity (Wildman–Crippen MR) is 73.0 cm³/mol. The lowest BCUT2D eigenvalue weighted by atomic mass is 10.3. The van der Waals surface area contributed by atoms with Crippen LogP contribution >= 0.6 is 23.4 Å². The van der Waals surface area contributed by atoms with Crippen molar-refractivity contribution in [1.29, 1.82) is 0 Å². The zero-order valence-corrected chi connectivity index (χ0v) is 11.4. The molecule has 7 nitrogen and oxygen atoms in total. The average molecular weight is 308 g/mol. The standard InChI is InChI=1S/C11H6ClN5O2S/c12-8-6-7(17(18)19)2-3-9(8)20-11-14-10-13-4-1-5-16(10)15-11/h1-6H. The number of non-ortho nitro benzene ring substituents is 1. The highest BCUT2D eigenvalue weighted by atomic mass is 35.5. The molecule has 3 aromatic rings. The molecule has 0 unspecified atom stereocenters. The van der Waals surface area contributed by atoms with Gasteiger partial charge in [0.05, 0.1) is 9.95 Å². The molecule has 1 aromatic carbocycles. The number of fused-ring (bicyclic) bond motifs is 1. The molecule has 0 fully saturated rings. The first-order chi connectivity index (χ1) is 9.63. The summed E-state index contributed by atoms with van der Waals surface area (Å²) in [6.45, 7) is 0. The SMILES string of the molecule is O=[N+]([O-])c1ccc(Sc2nc3ncccn3n2)c(Cl)c1. The number of nitro benzene ring substituents is 1. The zero-order valence-electron chi connectivity index (χ0n) is 9.80. The van der Waals surface area contributed by atoms with Crippen molar-refractivity contribution < 1.29 is 4.92 Å². The van der Waals surface area contributed by atoms with E-state index in [-0.39, 0.29) is 10.7 Å². The molecule has 0 saturated carbocycles. The first-order valence-corrected chi connectivity index (χ1v) is 6.62. The molecular formula is C11H6ClN5O2S. The van der Waals surface area contributed by atoms with Crippen LogP contribution in [0.4, 0.5) is 5.69 Å². The second kappa shape index (κ2) is 5.06. The van der Waals surface area contributed by atoms with E-state index in [0.717, 1.165) is 0 Å². The molecule has 0 aliphatic carbocycles. The van der Waals surface area contributed by atoms with E-state index in [0.29, 0.717) is 15.8 Å². The van der Waals surface area contributed by atoms with Crippen molar-refractivity contribution in [1.82, 2.24) is 19.6 Å². The molecule has 9 heteroatoms. The summed E-state index contributed by atoms with van der Waals surface area (Å²) in [6, 6.07) is 6.01. The lowest BCUT2D eigenvalue weighted by Crippen LogP contribution is -1.88.